The van der Waals surface area contributed by atoms with Gasteiger partial charge in [-0.25, -0.2) is 0 Å². The van der Waals surface area contributed by atoms with Gasteiger partial charge in [0.1, 0.15) is 0 Å². The minimum atomic E-state index is -0.176. The first-order chi connectivity index (χ1) is 11.9. The van der Waals surface area contributed by atoms with Crippen molar-refractivity contribution in [3.63, 3.8) is 0 Å². The summed E-state index contributed by atoms with van der Waals surface area (Å²) in [7, 11) is 3.71. The fourth-order valence-electron chi connectivity index (χ4n) is 7.68. The largest absolute Gasteiger partial charge is 0.393 e. The number of aliphatic hydroxyl groups excluding tert-OH is 1. The highest BCUT2D eigenvalue weighted by atomic mass is 16.5. The normalized spacial score (nSPS) is 55.4. The van der Waals surface area contributed by atoms with Gasteiger partial charge in [0.05, 0.1) is 18.3 Å². The number of aliphatic hydroxyl groups is 1. The second-order valence-electron chi connectivity index (χ2n) is 9.83. The SMILES string of the molecule is C=C1CCC2C3C(OC)[C@H](OC)C4C[C@@H](O)CC[C@]4(C)C3CC[C@]12C. The third-order valence-electron chi connectivity index (χ3n) is 9.17. The van der Waals surface area contributed by atoms with Crippen LogP contribution in [-0.4, -0.2) is 37.6 Å². The molecule has 4 aliphatic carbocycles. The summed E-state index contributed by atoms with van der Waals surface area (Å²) < 4.78 is 12.2. The topological polar surface area (TPSA) is 38.7 Å². The summed E-state index contributed by atoms with van der Waals surface area (Å²) in [5.41, 5.74) is 2.02. The molecule has 0 aromatic heterocycles. The minimum Gasteiger partial charge on any atom is -0.393 e. The summed E-state index contributed by atoms with van der Waals surface area (Å²) in [5, 5.41) is 10.3. The Morgan fingerprint density at radius 3 is 2.36 bits per heavy atom. The molecule has 4 saturated carbocycles. The summed E-state index contributed by atoms with van der Waals surface area (Å²) in [6.45, 7) is 9.39. The van der Waals surface area contributed by atoms with Crippen molar-refractivity contribution in [1.82, 2.24) is 0 Å². The van der Waals surface area contributed by atoms with E-state index < -0.39 is 0 Å². The lowest BCUT2D eigenvalue weighted by atomic mass is 9.43. The standard InChI is InChI=1S/C22H36O3/c1-13-6-7-15-18-16(9-11-21(13,15)2)22(3)10-8-14(23)12-17(22)19(24-4)20(18)25-5/h14-20,23H,1,6-12H2,2-5H3/t14-,15?,16?,17?,18?,19+,20?,21+,22+/m0/s1. The van der Waals surface area contributed by atoms with E-state index in [-0.39, 0.29) is 29.1 Å². The predicted octanol–water partition coefficient (Wildman–Crippen LogP) is 4.20. The summed E-state index contributed by atoms with van der Waals surface area (Å²) in [6, 6.07) is 0. The molecule has 4 aliphatic rings. The van der Waals surface area contributed by atoms with Crippen LogP contribution in [0.2, 0.25) is 0 Å². The molecule has 142 valence electrons. The van der Waals surface area contributed by atoms with Gasteiger partial charge >= 0.3 is 0 Å². The van der Waals surface area contributed by atoms with Crippen LogP contribution in [0.1, 0.15) is 58.8 Å². The first kappa shape index (κ1) is 18.0. The van der Waals surface area contributed by atoms with Crippen LogP contribution in [0.25, 0.3) is 0 Å². The van der Waals surface area contributed by atoms with Crippen molar-refractivity contribution in [3.05, 3.63) is 12.2 Å². The molecule has 0 aromatic rings. The molecule has 0 amide bonds. The number of ether oxygens (including phenoxy) is 2. The first-order valence-electron chi connectivity index (χ1n) is 10.3. The third kappa shape index (κ3) is 2.34. The van der Waals surface area contributed by atoms with E-state index in [1.807, 2.05) is 14.2 Å². The molecular weight excluding hydrogens is 312 g/mol. The molecule has 0 bridgehead atoms. The van der Waals surface area contributed by atoms with Crippen LogP contribution in [0.3, 0.4) is 0 Å². The predicted molar refractivity (Wildman–Crippen MR) is 99.2 cm³/mol. The fraction of sp³-hybridized carbons (Fsp3) is 0.909. The zero-order valence-corrected chi connectivity index (χ0v) is 16.5. The van der Waals surface area contributed by atoms with Crippen LogP contribution >= 0.6 is 0 Å². The van der Waals surface area contributed by atoms with Crippen molar-refractivity contribution in [3.8, 4) is 0 Å². The molecule has 0 saturated heterocycles. The Balaban J connectivity index is 1.77. The summed E-state index contributed by atoms with van der Waals surface area (Å²) in [4.78, 5) is 0. The fourth-order valence-corrected chi connectivity index (χ4v) is 7.68. The van der Waals surface area contributed by atoms with E-state index in [4.69, 9.17) is 9.47 Å². The molecule has 4 rings (SSSR count). The van der Waals surface area contributed by atoms with Gasteiger partial charge < -0.3 is 14.6 Å². The van der Waals surface area contributed by atoms with Crippen molar-refractivity contribution in [2.24, 2.45) is 34.5 Å². The Hall–Kier alpha value is -0.380. The Morgan fingerprint density at radius 2 is 1.68 bits per heavy atom. The van der Waals surface area contributed by atoms with Crippen molar-refractivity contribution in [1.29, 1.82) is 0 Å². The van der Waals surface area contributed by atoms with Gasteiger partial charge in [0.15, 0.2) is 0 Å². The van der Waals surface area contributed by atoms with Gasteiger partial charge in [0.2, 0.25) is 0 Å². The van der Waals surface area contributed by atoms with E-state index in [0.29, 0.717) is 23.7 Å². The lowest BCUT2D eigenvalue weighted by Gasteiger charge is -2.64. The van der Waals surface area contributed by atoms with E-state index in [1.165, 1.54) is 31.3 Å². The maximum absolute atomic E-state index is 10.3. The number of hydrogen-bond donors (Lipinski definition) is 1. The van der Waals surface area contributed by atoms with Crippen molar-refractivity contribution in [2.45, 2.75) is 77.1 Å². The van der Waals surface area contributed by atoms with E-state index in [9.17, 15) is 5.11 Å². The molecule has 0 aromatic carbocycles. The molecule has 5 unspecified atom stereocenters. The average Bonchev–Trinajstić information content (AvgIpc) is 2.90. The zero-order chi connectivity index (χ0) is 18.0. The summed E-state index contributed by atoms with van der Waals surface area (Å²) >= 11 is 0. The second kappa shape index (κ2) is 6.07. The van der Waals surface area contributed by atoms with Gasteiger partial charge in [-0.3, -0.25) is 0 Å². The molecule has 3 heteroatoms. The van der Waals surface area contributed by atoms with Gasteiger partial charge in [-0.05, 0) is 79.4 Å². The van der Waals surface area contributed by atoms with Gasteiger partial charge in [0, 0.05) is 14.2 Å². The Morgan fingerprint density at radius 1 is 0.960 bits per heavy atom. The smallest absolute Gasteiger partial charge is 0.0870 e. The zero-order valence-electron chi connectivity index (χ0n) is 16.5. The number of methoxy groups -OCH3 is 2. The molecule has 0 heterocycles. The summed E-state index contributed by atoms with van der Waals surface area (Å²) in [6.07, 6.45) is 7.99. The number of fused-ring (bicyclic) bond motifs is 5. The highest BCUT2D eigenvalue weighted by molar-refractivity contribution is 5.23. The maximum Gasteiger partial charge on any atom is 0.0870 e. The Labute approximate surface area is 153 Å². The quantitative estimate of drug-likeness (QED) is 0.760. The molecule has 4 fully saturated rings. The van der Waals surface area contributed by atoms with Crippen LogP contribution in [-0.2, 0) is 9.47 Å². The van der Waals surface area contributed by atoms with E-state index in [2.05, 4.69) is 20.4 Å². The van der Waals surface area contributed by atoms with Gasteiger partial charge in [-0.2, -0.15) is 0 Å². The van der Waals surface area contributed by atoms with Crippen LogP contribution in [0.4, 0.5) is 0 Å². The van der Waals surface area contributed by atoms with Gasteiger partial charge in [-0.15, -0.1) is 0 Å². The van der Waals surface area contributed by atoms with E-state index in [1.54, 1.807) is 0 Å². The number of hydrogen-bond acceptors (Lipinski definition) is 3. The van der Waals surface area contributed by atoms with Crippen molar-refractivity contribution < 1.29 is 14.6 Å². The average molecular weight is 349 g/mol. The van der Waals surface area contributed by atoms with Crippen LogP contribution < -0.4 is 0 Å². The molecule has 0 spiro atoms. The first-order valence-corrected chi connectivity index (χ1v) is 10.3. The Bertz CT molecular complexity index is 545. The molecule has 25 heavy (non-hydrogen) atoms. The van der Waals surface area contributed by atoms with E-state index in [0.717, 1.165) is 19.3 Å². The third-order valence-corrected chi connectivity index (χ3v) is 9.17. The molecular formula is C22H36O3. The highest BCUT2D eigenvalue weighted by Crippen LogP contribution is 2.67. The molecule has 9 atom stereocenters. The Kier molecular flexibility index (Phi) is 4.37. The van der Waals surface area contributed by atoms with Crippen LogP contribution in [0, 0.1) is 34.5 Å². The number of allylic oxidation sites excluding steroid dienone is 1. The minimum absolute atomic E-state index is 0.0995. The maximum atomic E-state index is 10.3. The van der Waals surface area contributed by atoms with Crippen molar-refractivity contribution in [2.75, 3.05) is 14.2 Å². The van der Waals surface area contributed by atoms with Gasteiger partial charge in [-0.1, -0.05) is 26.0 Å². The van der Waals surface area contributed by atoms with Crippen LogP contribution in [0.15, 0.2) is 12.2 Å². The molecule has 0 radical (unpaired) electrons. The summed E-state index contributed by atoms with van der Waals surface area (Å²) in [5.74, 6) is 2.32. The van der Waals surface area contributed by atoms with Gasteiger partial charge in [0.25, 0.3) is 0 Å². The van der Waals surface area contributed by atoms with E-state index >= 15 is 0 Å². The number of rotatable bonds is 2. The monoisotopic (exact) mass is 348 g/mol. The molecule has 0 aliphatic heterocycles. The highest BCUT2D eigenvalue weighted by Gasteiger charge is 2.64. The lowest BCUT2D eigenvalue weighted by molar-refractivity contribution is -0.232. The molecule has 3 nitrogen and oxygen atoms in total. The second-order valence-corrected chi connectivity index (χ2v) is 9.83. The van der Waals surface area contributed by atoms with Crippen molar-refractivity contribution >= 4 is 0 Å². The molecule has 1 N–H and O–H groups in total. The lowest BCUT2D eigenvalue weighted by Crippen LogP contribution is -2.64. The van der Waals surface area contributed by atoms with Crippen LogP contribution in [0.5, 0.6) is 0 Å².